The van der Waals surface area contributed by atoms with Crippen LogP contribution < -0.4 is 10.1 Å². The van der Waals surface area contributed by atoms with Gasteiger partial charge in [-0.25, -0.2) is 0 Å². The van der Waals surface area contributed by atoms with Gasteiger partial charge in [0.2, 0.25) is 0 Å². The van der Waals surface area contributed by atoms with Crippen LogP contribution in [0, 0.1) is 0 Å². The van der Waals surface area contributed by atoms with Gasteiger partial charge in [0, 0.05) is 12.0 Å². The number of benzene rings is 1. The lowest BCUT2D eigenvalue weighted by Crippen LogP contribution is -2.31. The predicted molar refractivity (Wildman–Crippen MR) is 71.1 cm³/mol. The van der Waals surface area contributed by atoms with E-state index in [1.165, 1.54) is 11.3 Å². The van der Waals surface area contributed by atoms with Crippen LogP contribution in [0.25, 0.3) is 0 Å². The molecule has 0 saturated carbocycles. The second-order valence-corrected chi connectivity index (χ2v) is 5.13. The molecule has 1 unspecified atom stereocenters. The van der Waals surface area contributed by atoms with Crippen LogP contribution in [0.4, 0.5) is 0 Å². The van der Waals surface area contributed by atoms with Crippen molar-refractivity contribution in [3.8, 4) is 5.75 Å². The van der Waals surface area contributed by atoms with Gasteiger partial charge in [-0.15, -0.1) is 11.3 Å². The summed E-state index contributed by atoms with van der Waals surface area (Å²) in [6, 6.07) is 11.6. The number of rotatable bonds is 2. The molecule has 0 spiro atoms. The first kappa shape index (κ1) is 11.3. The quantitative estimate of drug-likeness (QED) is 0.900. The van der Waals surface area contributed by atoms with Crippen LogP contribution in [0.5, 0.6) is 5.75 Å². The molecule has 3 rings (SSSR count). The van der Waals surface area contributed by atoms with Crippen molar-refractivity contribution >= 4 is 17.2 Å². The lowest BCUT2D eigenvalue weighted by Gasteiger charge is -2.26. The minimum atomic E-state index is -0.00768. The molecule has 0 fully saturated rings. The number of amides is 1. The number of fused-ring (bicyclic) bond motifs is 1. The highest BCUT2D eigenvalue weighted by atomic mass is 32.1. The van der Waals surface area contributed by atoms with Crippen LogP contribution in [0.2, 0.25) is 0 Å². The predicted octanol–water partition coefficient (Wildman–Crippen LogP) is 3.00. The van der Waals surface area contributed by atoms with Crippen molar-refractivity contribution in [3.05, 3.63) is 52.2 Å². The normalized spacial score (nSPS) is 17.7. The smallest absolute Gasteiger partial charge is 0.261 e. The minimum absolute atomic E-state index is 0.00768. The molecule has 2 aromatic rings. The summed E-state index contributed by atoms with van der Waals surface area (Å²) in [5.74, 6) is 0.868. The van der Waals surface area contributed by atoms with Crippen molar-refractivity contribution < 1.29 is 9.53 Å². The van der Waals surface area contributed by atoms with Gasteiger partial charge in [0.15, 0.2) is 0 Å². The van der Waals surface area contributed by atoms with E-state index in [1.54, 1.807) is 0 Å². The second-order valence-electron chi connectivity index (χ2n) is 4.18. The van der Waals surface area contributed by atoms with Gasteiger partial charge >= 0.3 is 0 Å². The number of thiophene rings is 1. The zero-order valence-electron chi connectivity index (χ0n) is 9.76. The van der Waals surface area contributed by atoms with E-state index in [4.69, 9.17) is 4.74 Å². The van der Waals surface area contributed by atoms with Gasteiger partial charge in [0.05, 0.1) is 17.5 Å². The van der Waals surface area contributed by atoms with Gasteiger partial charge in [-0.2, -0.15) is 0 Å². The number of carbonyl (C=O) groups excluding carboxylic acids is 1. The molecule has 0 aliphatic carbocycles. The van der Waals surface area contributed by atoms with Gasteiger partial charge < -0.3 is 10.1 Å². The Labute approximate surface area is 109 Å². The summed E-state index contributed by atoms with van der Waals surface area (Å²) in [5.41, 5.74) is 1.06. The Balaban J connectivity index is 1.80. The van der Waals surface area contributed by atoms with Crippen molar-refractivity contribution in [2.45, 2.75) is 12.5 Å². The minimum Gasteiger partial charge on any atom is -0.493 e. The highest BCUT2D eigenvalue weighted by Gasteiger charge is 2.23. The third-order valence-electron chi connectivity index (χ3n) is 3.01. The monoisotopic (exact) mass is 259 g/mol. The number of para-hydroxylation sites is 1. The zero-order chi connectivity index (χ0) is 12.4. The highest BCUT2D eigenvalue weighted by Crippen LogP contribution is 2.31. The van der Waals surface area contributed by atoms with Gasteiger partial charge in [0.25, 0.3) is 5.91 Å². The molecule has 1 aromatic heterocycles. The summed E-state index contributed by atoms with van der Waals surface area (Å²) >= 11 is 1.46. The van der Waals surface area contributed by atoms with Gasteiger partial charge in [-0.05, 0) is 17.5 Å². The van der Waals surface area contributed by atoms with Crippen LogP contribution in [0.1, 0.15) is 27.7 Å². The topological polar surface area (TPSA) is 38.3 Å². The molecule has 0 radical (unpaired) electrons. The molecule has 0 saturated heterocycles. The summed E-state index contributed by atoms with van der Waals surface area (Å²) < 4.78 is 5.58. The molecule has 1 aromatic carbocycles. The van der Waals surface area contributed by atoms with Crippen molar-refractivity contribution in [3.63, 3.8) is 0 Å². The first-order chi connectivity index (χ1) is 8.84. The molecule has 0 bridgehead atoms. The van der Waals surface area contributed by atoms with Crippen LogP contribution in [-0.2, 0) is 0 Å². The van der Waals surface area contributed by atoms with Crippen LogP contribution in [0.3, 0.4) is 0 Å². The fourth-order valence-corrected chi connectivity index (χ4v) is 2.76. The standard InChI is InChI=1S/C14H13NO2S/c16-14(13-6-3-9-18-13)15-11-7-8-17-12-5-2-1-4-10(11)12/h1-6,9,11H,7-8H2,(H,15,16). The number of hydrogen-bond donors (Lipinski definition) is 1. The van der Waals surface area contributed by atoms with Gasteiger partial charge in [-0.1, -0.05) is 24.3 Å². The first-order valence-electron chi connectivity index (χ1n) is 5.91. The Hall–Kier alpha value is -1.81. The molecular weight excluding hydrogens is 246 g/mol. The number of carbonyl (C=O) groups is 1. The van der Waals surface area contributed by atoms with Gasteiger partial charge in [-0.3, -0.25) is 4.79 Å². The summed E-state index contributed by atoms with van der Waals surface area (Å²) in [6.45, 7) is 0.645. The lowest BCUT2D eigenvalue weighted by atomic mass is 10.0. The maximum absolute atomic E-state index is 12.0. The SMILES string of the molecule is O=C(NC1CCOc2ccccc21)c1cccs1. The molecule has 3 nitrogen and oxygen atoms in total. The summed E-state index contributed by atoms with van der Waals surface area (Å²) in [6.07, 6.45) is 0.814. The van der Waals surface area contributed by atoms with Gasteiger partial charge in [0.1, 0.15) is 5.75 Å². The van der Waals surface area contributed by atoms with E-state index in [2.05, 4.69) is 5.32 Å². The van der Waals surface area contributed by atoms with Crippen molar-refractivity contribution in [1.82, 2.24) is 5.32 Å². The highest BCUT2D eigenvalue weighted by molar-refractivity contribution is 7.12. The van der Waals surface area contributed by atoms with E-state index >= 15 is 0 Å². The number of nitrogens with one attached hydrogen (secondary N) is 1. The Bertz CT molecular complexity index is 551. The molecule has 1 amide bonds. The zero-order valence-corrected chi connectivity index (χ0v) is 10.6. The van der Waals surface area contributed by atoms with Crippen molar-refractivity contribution in [2.24, 2.45) is 0 Å². The first-order valence-corrected chi connectivity index (χ1v) is 6.78. The average molecular weight is 259 g/mol. The lowest BCUT2D eigenvalue weighted by molar-refractivity contribution is 0.0929. The molecule has 1 aliphatic rings. The Kier molecular flexibility index (Phi) is 3.02. The molecule has 2 heterocycles. The summed E-state index contributed by atoms with van der Waals surface area (Å²) in [5, 5.41) is 4.98. The van der Waals surface area contributed by atoms with Crippen molar-refractivity contribution in [2.75, 3.05) is 6.61 Å². The molecule has 1 aliphatic heterocycles. The summed E-state index contributed by atoms with van der Waals surface area (Å²) in [4.78, 5) is 12.8. The molecule has 1 N–H and O–H groups in total. The second kappa shape index (κ2) is 4.82. The van der Waals surface area contributed by atoms with Crippen LogP contribution >= 0.6 is 11.3 Å². The average Bonchev–Trinajstić information content (AvgIpc) is 2.93. The van der Waals surface area contributed by atoms with E-state index in [0.717, 1.165) is 22.6 Å². The number of ether oxygens (including phenoxy) is 1. The Morgan fingerprint density at radius 1 is 1.28 bits per heavy atom. The van der Waals surface area contributed by atoms with E-state index in [9.17, 15) is 4.79 Å². The molecule has 18 heavy (non-hydrogen) atoms. The maximum atomic E-state index is 12.0. The molecule has 92 valence electrons. The largest absolute Gasteiger partial charge is 0.493 e. The summed E-state index contributed by atoms with van der Waals surface area (Å²) in [7, 11) is 0. The van der Waals surface area contributed by atoms with E-state index < -0.39 is 0 Å². The Morgan fingerprint density at radius 3 is 3.00 bits per heavy atom. The van der Waals surface area contributed by atoms with E-state index in [-0.39, 0.29) is 11.9 Å². The fourth-order valence-electron chi connectivity index (χ4n) is 2.13. The third-order valence-corrected chi connectivity index (χ3v) is 3.88. The maximum Gasteiger partial charge on any atom is 0.261 e. The van der Waals surface area contributed by atoms with E-state index in [1.807, 2.05) is 41.8 Å². The van der Waals surface area contributed by atoms with Crippen LogP contribution in [0.15, 0.2) is 41.8 Å². The van der Waals surface area contributed by atoms with Crippen molar-refractivity contribution in [1.29, 1.82) is 0 Å². The molecule has 4 heteroatoms. The number of hydrogen-bond acceptors (Lipinski definition) is 3. The van der Waals surface area contributed by atoms with E-state index in [0.29, 0.717) is 6.61 Å². The third kappa shape index (κ3) is 2.11. The fraction of sp³-hybridized carbons (Fsp3) is 0.214. The molecular formula is C14H13NO2S. The molecule has 1 atom stereocenters. The Morgan fingerprint density at radius 2 is 2.17 bits per heavy atom. The van der Waals surface area contributed by atoms with Crippen LogP contribution in [-0.4, -0.2) is 12.5 Å².